The summed E-state index contributed by atoms with van der Waals surface area (Å²) in [6.45, 7) is 3.54. The third kappa shape index (κ3) is 3.26. The van der Waals surface area contributed by atoms with Gasteiger partial charge >= 0.3 is 0 Å². The molecule has 0 aromatic carbocycles. The van der Waals surface area contributed by atoms with Crippen molar-refractivity contribution in [3.63, 3.8) is 0 Å². The first-order valence-electron chi connectivity index (χ1n) is 5.07. The highest BCUT2D eigenvalue weighted by molar-refractivity contribution is 7.89. The minimum atomic E-state index is -3.54. The molecule has 1 heterocycles. The van der Waals surface area contributed by atoms with Crippen LogP contribution in [0.3, 0.4) is 0 Å². The summed E-state index contributed by atoms with van der Waals surface area (Å²) in [5.41, 5.74) is 0.586. The molecule has 0 radical (unpaired) electrons. The van der Waals surface area contributed by atoms with Gasteiger partial charge in [-0.2, -0.15) is 0 Å². The lowest BCUT2D eigenvalue weighted by Crippen LogP contribution is -2.32. The van der Waals surface area contributed by atoms with Crippen molar-refractivity contribution in [1.82, 2.24) is 9.71 Å². The van der Waals surface area contributed by atoms with Crippen LogP contribution in [0.1, 0.15) is 25.8 Å². The average molecular weight is 244 g/mol. The van der Waals surface area contributed by atoms with Crippen molar-refractivity contribution in [2.45, 2.75) is 37.9 Å². The Hall–Kier alpha value is -0.980. The van der Waals surface area contributed by atoms with Crippen LogP contribution in [0.15, 0.2) is 23.4 Å². The molecule has 0 aliphatic carbocycles. The van der Waals surface area contributed by atoms with Gasteiger partial charge in [-0.25, -0.2) is 18.1 Å². The first-order chi connectivity index (χ1) is 7.49. The molecule has 0 fully saturated rings. The number of pyridine rings is 1. The summed E-state index contributed by atoms with van der Waals surface area (Å²) < 4.78 is 26.0. The molecule has 5 nitrogen and oxygen atoms in total. The predicted molar refractivity (Wildman–Crippen MR) is 60.2 cm³/mol. The molecule has 0 saturated heterocycles. The summed E-state index contributed by atoms with van der Waals surface area (Å²) in [4.78, 5) is 3.80. The van der Waals surface area contributed by atoms with Crippen LogP contribution in [0.5, 0.6) is 0 Å². The number of aliphatic hydroxyl groups is 1. The standard InChI is InChI=1S/C10H16N2O3S/c1-3-8(2)12-16(14,15)10-5-4-9(7-13)6-11-10/h4-6,8,12-13H,3,7H2,1-2H3. The van der Waals surface area contributed by atoms with E-state index in [0.717, 1.165) is 0 Å². The lowest BCUT2D eigenvalue weighted by Gasteiger charge is -2.11. The van der Waals surface area contributed by atoms with E-state index in [1.54, 1.807) is 6.92 Å². The van der Waals surface area contributed by atoms with E-state index in [9.17, 15) is 8.42 Å². The fourth-order valence-corrected chi connectivity index (χ4v) is 2.33. The monoisotopic (exact) mass is 244 g/mol. The van der Waals surface area contributed by atoms with Gasteiger partial charge in [0, 0.05) is 12.2 Å². The van der Waals surface area contributed by atoms with Gasteiger partial charge in [-0.15, -0.1) is 0 Å². The SMILES string of the molecule is CCC(C)NS(=O)(=O)c1ccc(CO)cn1. The summed E-state index contributed by atoms with van der Waals surface area (Å²) in [5, 5.41) is 8.79. The smallest absolute Gasteiger partial charge is 0.258 e. The first-order valence-corrected chi connectivity index (χ1v) is 6.56. The van der Waals surface area contributed by atoms with E-state index >= 15 is 0 Å². The zero-order valence-electron chi connectivity index (χ0n) is 9.34. The van der Waals surface area contributed by atoms with Crippen LogP contribution in [0, 0.1) is 0 Å². The quantitative estimate of drug-likeness (QED) is 0.797. The van der Waals surface area contributed by atoms with Crippen LogP contribution in [0.2, 0.25) is 0 Å². The summed E-state index contributed by atoms with van der Waals surface area (Å²) in [5.74, 6) is 0. The van der Waals surface area contributed by atoms with Crippen LogP contribution in [0.25, 0.3) is 0 Å². The van der Waals surface area contributed by atoms with Crippen LogP contribution < -0.4 is 4.72 Å². The molecule has 16 heavy (non-hydrogen) atoms. The van der Waals surface area contributed by atoms with E-state index in [1.807, 2.05) is 6.92 Å². The van der Waals surface area contributed by atoms with Crippen molar-refractivity contribution in [3.05, 3.63) is 23.9 Å². The molecule has 1 atom stereocenters. The molecule has 1 rings (SSSR count). The molecule has 1 unspecified atom stereocenters. The molecular weight excluding hydrogens is 228 g/mol. The van der Waals surface area contributed by atoms with E-state index in [2.05, 4.69) is 9.71 Å². The molecule has 2 N–H and O–H groups in total. The van der Waals surface area contributed by atoms with Gasteiger partial charge in [-0.1, -0.05) is 13.0 Å². The number of hydrogen-bond donors (Lipinski definition) is 2. The molecular formula is C10H16N2O3S. The average Bonchev–Trinajstić information content (AvgIpc) is 2.28. The van der Waals surface area contributed by atoms with Crippen LogP contribution >= 0.6 is 0 Å². The molecule has 90 valence electrons. The molecule has 0 aliphatic rings. The lowest BCUT2D eigenvalue weighted by molar-refractivity contribution is 0.281. The van der Waals surface area contributed by atoms with Crippen molar-refractivity contribution in [2.75, 3.05) is 0 Å². The van der Waals surface area contributed by atoms with Gasteiger partial charge in [-0.05, 0) is 25.0 Å². The maximum absolute atomic E-state index is 11.8. The summed E-state index contributed by atoms with van der Waals surface area (Å²) in [6.07, 6.45) is 2.07. The van der Waals surface area contributed by atoms with Gasteiger partial charge in [0.25, 0.3) is 10.0 Å². The Balaban J connectivity index is 2.90. The number of hydrogen-bond acceptors (Lipinski definition) is 4. The number of nitrogens with zero attached hydrogens (tertiary/aromatic N) is 1. The zero-order valence-corrected chi connectivity index (χ0v) is 10.2. The normalized spacial score (nSPS) is 13.7. The Labute approximate surface area is 95.6 Å². The first kappa shape index (κ1) is 13.1. The fraction of sp³-hybridized carbons (Fsp3) is 0.500. The Bertz CT molecular complexity index is 428. The lowest BCUT2D eigenvalue weighted by atomic mass is 10.3. The summed E-state index contributed by atoms with van der Waals surface area (Å²) in [6, 6.07) is 2.80. The van der Waals surface area contributed by atoms with Gasteiger partial charge in [0.05, 0.1) is 6.61 Å². The second-order valence-corrected chi connectivity index (χ2v) is 5.25. The molecule has 1 aromatic rings. The Morgan fingerprint density at radius 3 is 2.62 bits per heavy atom. The predicted octanol–water partition coefficient (Wildman–Crippen LogP) is 0.651. The Kier molecular flexibility index (Phi) is 4.40. The summed E-state index contributed by atoms with van der Waals surface area (Å²) >= 11 is 0. The Morgan fingerprint density at radius 1 is 1.50 bits per heavy atom. The van der Waals surface area contributed by atoms with Crippen molar-refractivity contribution < 1.29 is 13.5 Å². The van der Waals surface area contributed by atoms with Crippen molar-refractivity contribution in [3.8, 4) is 0 Å². The van der Waals surface area contributed by atoms with Crippen LogP contribution in [0.4, 0.5) is 0 Å². The van der Waals surface area contributed by atoms with Gasteiger partial charge in [0.2, 0.25) is 0 Å². The minimum absolute atomic E-state index is 0.0231. The molecule has 0 bridgehead atoms. The molecule has 0 aliphatic heterocycles. The van der Waals surface area contributed by atoms with E-state index in [0.29, 0.717) is 12.0 Å². The number of aromatic nitrogens is 1. The molecule has 0 spiro atoms. The fourth-order valence-electron chi connectivity index (χ4n) is 1.07. The van der Waals surface area contributed by atoms with Crippen LogP contribution in [-0.2, 0) is 16.6 Å². The zero-order chi connectivity index (χ0) is 12.2. The van der Waals surface area contributed by atoms with Gasteiger partial charge < -0.3 is 5.11 Å². The molecule has 0 saturated carbocycles. The molecule has 1 aromatic heterocycles. The van der Waals surface area contributed by atoms with E-state index in [1.165, 1.54) is 18.3 Å². The highest BCUT2D eigenvalue weighted by Crippen LogP contribution is 2.07. The third-order valence-electron chi connectivity index (χ3n) is 2.22. The maximum atomic E-state index is 11.8. The van der Waals surface area contributed by atoms with Crippen molar-refractivity contribution in [1.29, 1.82) is 0 Å². The van der Waals surface area contributed by atoms with Crippen LogP contribution in [-0.4, -0.2) is 24.6 Å². The second-order valence-electron chi connectivity index (χ2n) is 3.59. The highest BCUT2D eigenvalue weighted by atomic mass is 32.2. The Morgan fingerprint density at radius 2 is 2.19 bits per heavy atom. The minimum Gasteiger partial charge on any atom is -0.392 e. The maximum Gasteiger partial charge on any atom is 0.258 e. The molecule has 0 amide bonds. The molecule has 6 heteroatoms. The number of sulfonamides is 1. The highest BCUT2D eigenvalue weighted by Gasteiger charge is 2.17. The number of aliphatic hydroxyl groups excluding tert-OH is 1. The van der Waals surface area contributed by atoms with Gasteiger partial charge in [0.1, 0.15) is 0 Å². The van der Waals surface area contributed by atoms with E-state index in [-0.39, 0.29) is 17.7 Å². The number of nitrogens with one attached hydrogen (secondary N) is 1. The van der Waals surface area contributed by atoms with Crippen molar-refractivity contribution in [2.24, 2.45) is 0 Å². The van der Waals surface area contributed by atoms with E-state index in [4.69, 9.17) is 5.11 Å². The van der Waals surface area contributed by atoms with Gasteiger partial charge in [-0.3, -0.25) is 0 Å². The number of rotatable bonds is 5. The summed E-state index contributed by atoms with van der Waals surface area (Å²) in [7, 11) is -3.54. The largest absolute Gasteiger partial charge is 0.392 e. The van der Waals surface area contributed by atoms with Gasteiger partial charge in [0.15, 0.2) is 5.03 Å². The topological polar surface area (TPSA) is 79.3 Å². The van der Waals surface area contributed by atoms with Crippen molar-refractivity contribution >= 4 is 10.0 Å². The van der Waals surface area contributed by atoms with E-state index < -0.39 is 10.0 Å². The third-order valence-corrected chi connectivity index (χ3v) is 3.73. The second kappa shape index (κ2) is 5.38.